The minimum Gasteiger partial charge on any atom is -0.459 e. The van der Waals surface area contributed by atoms with Crippen molar-refractivity contribution in [2.45, 2.75) is 39.3 Å². The van der Waals surface area contributed by atoms with Gasteiger partial charge in [0.15, 0.2) is 5.96 Å². The van der Waals surface area contributed by atoms with Crippen molar-refractivity contribution < 1.29 is 8.81 Å². The first-order valence-electron chi connectivity index (χ1n) is 8.98. The Labute approximate surface area is 171 Å². The van der Waals surface area contributed by atoms with Gasteiger partial charge in [0.2, 0.25) is 0 Å². The number of fused-ring (bicyclic) bond motifs is 1. The van der Waals surface area contributed by atoms with Crippen LogP contribution in [-0.4, -0.2) is 43.6 Å². The van der Waals surface area contributed by atoms with Gasteiger partial charge in [-0.05, 0) is 51.1 Å². The first-order chi connectivity index (χ1) is 12.1. The van der Waals surface area contributed by atoms with Gasteiger partial charge in [-0.15, -0.1) is 24.0 Å². The van der Waals surface area contributed by atoms with E-state index in [-0.39, 0.29) is 29.8 Å². The minimum atomic E-state index is -0.245. The number of likely N-dealkylation sites (N-methyl/N-ethyl adjacent to an activating group) is 1. The number of nitrogens with zero attached hydrogens (tertiary/aromatic N) is 2. The molecule has 0 aliphatic carbocycles. The van der Waals surface area contributed by atoms with Gasteiger partial charge in [-0.2, -0.15) is 0 Å². The number of nitrogens with one attached hydrogen (secondary N) is 2. The first kappa shape index (κ1) is 21.0. The predicted octanol–water partition coefficient (Wildman–Crippen LogP) is 3.65. The highest BCUT2D eigenvalue weighted by Gasteiger charge is 2.22. The largest absolute Gasteiger partial charge is 0.459 e. The SMILES string of the molecule is CCN1CCCC1CNC(=NC)NCc1oc2ccc(F)cc2c1C.I. The van der Waals surface area contributed by atoms with Crippen LogP contribution in [0.5, 0.6) is 0 Å². The number of aliphatic imine (C=N–C) groups is 1. The number of hydrogen-bond donors (Lipinski definition) is 2. The molecule has 0 spiro atoms. The third-order valence-corrected chi connectivity index (χ3v) is 5.05. The van der Waals surface area contributed by atoms with Crippen molar-refractivity contribution in [2.75, 3.05) is 26.7 Å². The van der Waals surface area contributed by atoms with E-state index in [0.29, 0.717) is 18.2 Å². The lowest BCUT2D eigenvalue weighted by Gasteiger charge is -2.23. The molecule has 0 bridgehead atoms. The lowest BCUT2D eigenvalue weighted by atomic mass is 10.1. The standard InChI is InChI=1S/C19H27FN4O.HI/c1-4-24-9-5-6-15(24)11-22-19(21-3)23-12-18-13(2)16-10-14(20)7-8-17(16)25-18;/h7-8,10,15H,4-6,9,11-12H2,1-3H3,(H2,21,22,23);1H. The molecule has 1 aromatic carbocycles. The Morgan fingerprint density at radius 1 is 1.38 bits per heavy atom. The van der Waals surface area contributed by atoms with Crippen molar-refractivity contribution in [3.63, 3.8) is 0 Å². The van der Waals surface area contributed by atoms with E-state index in [0.717, 1.165) is 35.8 Å². The second-order valence-corrected chi connectivity index (χ2v) is 6.52. The maximum absolute atomic E-state index is 13.4. The molecule has 0 saturated carbocycles. The van der Waals surface area contributed by atoms with E-state index >= 15 is 0 Å². The van der Waals surface area contributed by atoms with E-state index in [2.05, 4.69) is 27.4 Å². The van der Waals surface area contributed by atoms with E-state index in [1.807, 2.05) is 6.92 Å². The maximum Gasteiger partial charge on any atom is 0.191 e. The Morgan fingerprint density at radius 3 is 2.92 bits per heavy atom. The molecule has 5 nitrogen and oxygen atoms in total. The summed E-state index contributed by atoms with van der Waals surface area (Å²) in [6, 6.07) is 5.18. The summed E-state index contributed by atoms with van der Waals surface area (Å²) in [5.41, 5.74) is 1.67. The lowest BCUT2D eigenvalue weighted by molar-refractivity contribution is 0.267. The fraction of sp³-hybridized carbons (Fsp3) is 0.526. The van der Waals surface area contributed by atoms with Crippen molar-refractivity contribution in [3.8, 4) is 0 Å². The van der Waals surface area contributed by atoms with Crippen LogP contribution < -0.4 is 10.6 Å². The monoisotopic (exact) mass is 474 g/mol. The highest BCUT2D eigenvalue weighted by molar-refractivity contribution is 14.0. The number of benzene rings is 1. The molecule has 7 heteroatoms. The smallest absolute Gasteiger partial charge is 0.191 e. The van der Waals surface area contributed by atoms with Gasteiger partial charge in [0.05, 0.1) is 6.54 Å². The molecule has 1 atom stereocenters. The molecular weight excluding hydrogens is 446 g/mol. The van der Waals surface area contributed by atoms with Gasteiger partial charge in [0, 0.05) is 30.6 Å². The van der Waals surface area contributed by atoms with Gasteiger partial charge in [0.25, 0.3) is 0 Å². The number of furan rings is 1. The van der Waals surface area contributed by atoms with E-state index < -0.39 is 0 Å². The zero-order valence-electron chi connectivity index (χ0n) is 15.6. The Balaban J connectivity index is 0.00000243. The molecule has 26 heavy (non-hydrogen) atoms. The molecule has 3 rings (SSSR count). The van der Waals surface area contributed by atoms with E-state index in [1.165, 1.54) is 31.5 Å². The fourth-order valence-corrected chi connectivity index (χ4v) is 3.55. The van der Waals surface area contributed by atoms with Crippen LogP contribution in [0, 0.1) is 12.7 Å². The molecule has 1 fully saturated rings. The molecular formula is C19H28FIN4O. The summed E-state index contributed by atoms with van der Waals surface area (Å²) in [4.78, 5) is 6.79. The number of aryl methyl sites for hydroxylation is 1. The van der Waals surface area contributed by atoms with Gasteiger partial charge in [0.1, 0.15) is 17.2 Å². The van der Waals surface area contributed by atoms with Crippen LogP contribution in [-0.2, 0) is 6.54 Å². The third kappa shape index (κ3) is 4.68. The Bertz CT molecular complexity index is 761. The van der Waals surface area contributed by atoms with Gasteiger partial charge in [-0.25, -0.2) is 4.39 Å². The molecule has 1 aliphatic heterocycles. The van der Waals surface area contributed by atoms with Crippen molar-refractivity contribution in [1.29, 1.82) is 0 Å². The van der Waals surface area contributed by atoms with Crippen LogP contribution in [0.25, 0.3) is 11.0 Å². The van der Waals surface area contributed by atoms with Crippen LogP contribution in [0.1, 0.15) is 31.1 Å². The second-order valence-electron chi connectivity index (χ2n) is 6.52. The maximum atomic E-state index is 13.4. The molecule has 2 N–H and O–H groups in total. The van der Waals surface area contributed by atoms with Crippen LogP contribution in [0.4, 0.5) is 4.39 Å². The van der Waals surface area contributed by atoms with Gasteiger partial charge in [-0.1, -0.05) is 6.92 Å². The van der Waals surface area contributed by atoms with E-state index in [9.17, 15) is 4.39 Å². The predicted molar refractivity (Wildman–Crippen MR) is 115 cm³/mol. The van der Waals surface area contributed by atoms with Crippen molar-refractivity contribution >= 4 is 40.9 Å². The van der Waals surface area contributed by atoms with E-state index in [4.69, 9.17) is 4.42 Å². The quantitative estimate of drug-likeness (QED) is 0.395. The molecule has 1 unspecified atom stereocenters. The Morgan fingerprint density at radius 2 is 2.19 bits per heavy atom. The third-order valence-electron chi connectivity index (χ3n) is 5.05. The zero-order valence-corrected chi connectivity index (χ0v) is 18.0. The number of rotatable bonds is 5. The Hall–Kier alpha value is -1.35. The summed E-state index contributed by atoms with van der Waals surface area (Å²) < 4.78 is 19.3. The molecule has 0 amide bonds. The molecule has 1 aromatic heterocycles. The zero-order chi connectivity index (χ0) is 17.8. The first-order valence-corrected chi connectivity index (χ1v) is 8.98. The van der Waals surface area contributed by atoms with Crippen LogP contribution >= 0.6 is 24.0 Å². The highest BCUT2D eigenvalue weighted by atomic mass is 127. The molecule has 2 heterocycles. The highest BCUT2D eigenvalue weighted by Crippen LogP contribution is 2.25. The fourth-order valence-electron chi connectivity index (χ4n) is 3.55. The average Bonchev–Trinajstić information content (AvgIpc) is 3.20. The van der Waals surface area contributed by atoms with Crippen molar-refractivity contribution in [3.05, 3.63) is 35.3 Å². The summed E-state index contributed by atoms with van der Waals surface area (Å²) in [6.07, 6.45) is 2.49. The van der Waals surface area contributed by atoms with Crippen molar-refractivity contribution in [1.82, 2.24) is 15.5 Å². The topological polar surface area (TPSA) is 52.8 Å². The van der Waals surface area contributed by atoms with Crippen LogP contribution in [0.3, 0.4) is 0 Å². The summed E-state index contributed by atoms with van der Waals surface area (Å²) in [6.45, 7) is 7.84. The van der Waals surface area contributed by atoms with Gasteiger partial charge in [-0.3, -0.25) is 9.89 Å². The molecule has 2 aromatic rings. The summed E-state index contributed by atoms with van der Waals surface area (Å²) in [5.74, 6) is 1.32. The average molecular weight is 474 g/mol. The summed E-state index contributed by atoms with van der Waals surface area (Å²) in [5, 5.41) is 7.52. The van der Waals surface area contributed by atoms with Crippen molar-refractivity contribution in [2.24, 2.45) is 4.99 Å². The van der Waals surface area contributed by atoms with E-state index in [1.54, 1.807) is 13.1 Å². The summed E-state index contributed by atoms with van der Waals surface area (Å²) >= 11 is 0. The lowest BCUT2D eigenvalue weighted by Crippen LogP contribution is -2.44. The second kappa shape index (κ2) is 9.55. The molecule has 1 aliphatic rings. The number of hydrogen-bond acceptors (Lipinski definition) is 3. The summed E-state index contributed by atoms with van der Waals surface area (Å²) in [7, 11) is 1.77. The van der Waals surface area contributed by atoms with Crippen LogP contribution in [0.2, 0.25) is 0 Å². The number of halogens is 2. The minimum absolute atomic E-state index is 0. The van der Waals surface area contributed by atoms with Gasteiger partial charge < -0.3 is 15.1 Å². The normalized spacial score (nSPS) is 18.2. The van der Waals surface area contributed by atoms with Gasteiger partial charge >= 0.3 is 0 Å². The Kier molecular flexibility index (Phi) is 7.69. The number of guanidine groups is 1. The molecule has 0 radical (unpaired) electrons. The molecule has 144 valence electrons. The van der Waals surface area contributed by atoms with Crippen LogP contribution in [0.15, 0.2) is 27.6 Å². The molecule has 1 saturated heterocycles. The number of likely N-dealkylation sites (tertiary alicyclic amines) is 1.